The minimum Gasteiger partial charge on any atom is -0.323 e. The maximum atomic E-state index is 6.34. The van der Waals surface area contributed by atoms with Crippen molar-refractivity contribution in [3.05, 3.63) is 0 Å². The van der Waals surface area contributed by atoms with Crippen LogP contribution in [0, 0.1) is 11.8 Å². The molecule has 1 aliphatic heterocycles. The van der Waals surface area contributed by atoms with Gasteiger partial charge in [0.1, 0.15) is 0 Å². The lowest BCUT2D eigenvalue weighted by atomic mass is 9.76. The Labute approximate surface area is 94.2 Å². The maximum absolute atomic E-state index is 6.34. The minimum atomic E-state index is 0.112. The highest BCUT2D eigenvalue weighted by Gasteiger charge is 2.44. The standard InChI is InChI=1S/C13H26N2/c1-10(2)13(14)8-15(9-13)12-6-4-5-11(3)7-12/h10-12H,4-9,14H2,1-3H3. The van der Waals surface area contributed by atoms with E-state index in [2.05, 4.69) is 25.7 Å². The molecule has 1 heterocycles. The molecule has 1 saturated heterocycles. The lowest BCUT2D eigenvalue weighted by molar-refractivity contribution is -0.0152. The SMILES string of the molecule is CC1CCCC(N2CC(N)(C(C)C)C2)C1. The summed E-state index contributed by atoms with van der Waals surface area (Å²) in [6.07, 6.45) is 5.65. The van der Waals surface area contributed by atoms with Crippen LogP contribution in [0.3, 0.4) is 0 Å². The van der Waals surface area contributed by atoms with E-state index in [4.69, 9.17) is 5.73 Å². The summed E-state index contributed by atoms with van der Waals surface area (Å²) in [6.45, 7) is 9.15. The van der Waals surface area contributed by atoms with Gasteiger partial charge in [-0.3, -0.25) is 4.90 Å². The number of likely N-dealkylation sites (tertiary alicyclic amines) is 1. The Morgan fingerprint density at radius 3 is 2.47 bits per heavy atom. The highest BCUT2D eigenvalue weighted by Crippen LogP contribution is 2.34. The Morgan fingerprint density at radius 2 is 1.93 bits per heavy atom. The van der Waals surface area contributed by atoms with Crippen LogP contribution in [0.5, 0.6) is 0 Å². The van der Waals surface area contributed by atoms with Gasteiger partial charge in [0.15, 0.2) is 0 Å². The predicted molar refractivity (Wildman–Crippen MR) is 64.7 cm³/mol. The summed E-state index contributed by atoms with van der Waals surface area (Å²) >= 11 is 0. The van der Waals surface area contributed by atoms with E-state index >= 15 is 0 Å². The summed E-state index contributed by atoms with van der Waals surface area (Å²) in [4.78, 5) is 2.62. The second kappa shape index (κ2) is 4.06. The average Bonchev–Trinajstić information content (AvgIpc) is 2.12. The highest BCUT2D eigenvalue weighted by atomic mass is 15.3. The first-order chi connectivity index (χ1) is 7.01. The zero-order valence-electron chi connectivity index (χ0n) is 10.5. The normalized spacial score (nSPS) is 36.6. The Hall–Kier alpha value is -0.0800. The third-order valence-corrected chi connectivity index (χ3v) is 4.57. The van der Waals surface area contributed by atoms with Crippen molar-refractivity contribution < 1.29 is 0 Å². The fourth-order valence-electron chi connectivity index (χ4n) is 3.07. The van der Waals surface area contributed by atoms with Crippen LogP contribution in [0.25, 0.3) is 0 Å². The first-order valence-electron chi connectivity index (χ1n) is 6.54. The van der Waals surface area contributed by atoms with Crippen molar-refractivity contribution >= 4 is 0 Å². The molecule has 1 aliphatic carbocycles. The van der Waals surface area contributed by atoms with Crippen LogP contribution in [0.15, 0.2) is 0 Å². The van der Waals surface area contributed by atoms with Gasteiger partial charge in [-0.1, -0.05) is 33.6 Å². The van der Waals surface area contributed by atoms with Crippen LogP contribution in [0.4, 0.5) is 0 Å². The molecule has 2 N–H and O–H groups in total. The fraction of sp³-hybridized carbons (Fsp3) is 1.00. The molecule has 0 radical (unpaired) electrons. The summed E-state index contributed by atoms with van der Waals surface area (Å²) in [5.74, 6) is 1.55. The van der Waals surface area contributed by atoms with Crippen LogP contribution in [-0.4, -0.2) is 29.6 Å². The van der Waals surface area contributed by atoms with E-state index in [1.165, 1.54) is 25.7 Å². The van der Waals surface area contributed by atoms with Crippen LogP contribution in [-0.2, 0) is 0 Å². The lowest BCUT2D eigenvalue weighted by Crippen LogP contribution is -2.72. The maximum Gasteiger partial charge on any atom is 0.0435 e. The fourth-order valence-corrected chi connectivity index (χ4v) is 3.07. The zero-order valence-corrected chi connectivity index (χ0v) is 10.5. The van der Waals surface area contributed by atoms with Gasteiger partial charge in [0.05, 0.1) is 0 Å². The molecule has 2 rings (SSSR count). The Kier molecular flexibility index (Phi) is 3.09. The molecule has 15 heavy (non-hydrogen) atoms. The van der Waals surface area contributed by atoms with Gasteiger partial charge in [0.2, 0.25) is 0 Å². The molecule has 0 aromatic heterocycles. The van der Waals surface area contributed by atoms with E-state index in [1.54, 1.807) is 0 Å². The first kappa shape index (κ1) is 11.4. The number of nitrogens with zero attached hydrogens (tertiary/aromatic N) is 1. The van der Waals surface area contributed by atoms with Crippen molar-refractivity contribution in [2.45, 2.75) is 58.0 Å². The molecule has 0 bridgehead atoms. The lowest BCUT2D eigenvalue weighted by Gasteiger charge is -2.54. The molecule has 0 amide bonds. The molecule has 2 aliphatic rings. The number of hydrogen-bond donors (Lipinski definition) is 1. The van der Waals surface area contributed by atoms with Gasteiger partial charge in [0, 0.05) is 24.7 Å². The Bertz CT molecular complexity index is 219. The molecule has 2 heteroatoms. The summed E-state index contributed by atoms with van der Waals surface area (Å²) in [6, 6.07) is 0.837. The predicted octanol–water partition coefficient (Wildman–Crippen LogP) is 2.23. The summed E-state index contributed by atoms with van der Waals surface area (Å²) in [7, 11) is 0. The van der Waals surface area contributed by atoms with Gasteiger partial charge in [-0.25, -0.2) is 0 Å². The van der Waals surface area contributed by atoms with E-state index < -0.39 is 0 Å². The van der Waals surface area contributed by atoms with E-state index in [9.17, 15) is 0 Å². The van der Waals surface area contributed by atoms with Crippen molar-refractivity contribution in [1.82, 2.24) is 4.90 Å². The summed E-state index contributed by atoms with van der Waals surface area (Å²) in [5.41, 5.74) is 6.45. The first-order valence-corrected chi connectivity index (χ1v) is 6.54. The smallest absolute Gasteiger partial charge is 0.0435 e. The molecule has 2 unspecified atom stereocenters. The van der Waals surface area contributed by atoms with Gasteiger partial charge in [0.25, 0.3) is 0 Å². The second-order valence-corrected chi connectivity index (χ2v) is 6.22. The molecule has 2 atom stereocenters. The van der Waals surface area contributed by atoms with Crippen LogP contribution in [0.2, 0.25) is 0 Å². The largest absolute Gasteiger partial charge is 0.323 e. The molecule has 0 aromatic carbocycles. The Morgan fingerprint density at radius 1 is 1.27 bits per heavy atom. The van der Waals surface area contributed by atoms with Gasteiger partial charge in [-0.15, -0.1) is 0 Å². The van der Waals surface area contributed by atoms with Crippen LogP contribution in [0.1, 0.15) is 46.5 Å². The van der Waals surface area contributed by atoms with E-state index in [-0.39, 0.29) is 5.54 Å². The van der Waals surface area contributed by atoms with Crippen molar-refractivity contribution in [2.24, 2.45) is 17.6 Å². The van der Waals surface area contributed by atoms with Gasteiger partial charge in [-0.2, -0.15) is 0 Å². The van der Waals surface area contributed by atoms with Crippen molar-refractivity contribution in [1.29, 1.82) is 0 Å². The second-order valence-electron chi connectivity index (χ2n) is 6.22. The molecule has 0 spiro atoms. The quantitative estimate of drug-likeness (QED) is 0.757. The van der Waals surface area contributed by atoms with Gasteiger partial charge >= 0.3 is 0 Å². The van der Waals surface area contributed by atoms with E-state index in [0.29, 0.717) is 5.92 Å². The van der Waals surface area contributed by atoms with Gasteiger partial charge < -0.3 is 5.73 Å². The molecular weight excluding hydrogens is 184 g/mol. The molecule has 2 fully saturated rings. The molecule has 1 saturated carbocycles. The van der Waals surface area contributed by atoms with Gasteiger partial charge in [-0.05, 0) is 24.7 Å². The molecule has 88 valence electrons. The van der Waals surface area contributed by atoms with Crippen molar-refractivity contribution in [3.63, 3.8) is 0 Å². The van der Waals surface area contributed by atoms with E-state index in [1.807, 2.05) is 0 Å². The Balaban J connectivity index is 1.83. The summed E-state index contributed by atoms with van der Waals surface area (Å²) < 4.78 is 0. The number of hydrogen-bond acceptors (Lipinski definition) is 2. The van der Waals surface area contributed by atoms with Crippen LogP contribution < -0.4 is 5.73 Å². The molecular formula is C13H26N2. The average molecular weight is 210 g/mol. The number of rotatable bonds is 2. The highest BCUT2D eigenvalue weighted by molar-refractivity contribution is 5.04. The van der Waals surface area contributed by atoms with Crippen molar-refractivity contribution in [2.75, 3.05) is 13.1 Å². The minimum absolute atomic E-state index is 0.112. The topological polar surface area (TPSA) is 29.3 Å². The van der Waals surface area contributed by atoms with Crippen molar-refractivity contribution in [3.8, 4) is 0 Å². The van der Waals surface area contributed by atoms with Crippen LogP contribution >= 0.6 is 0 Å². The third kappa shape index (κ3) is 2.21. The van der Waals surface area contributed by atoms with E-state index in [0.717, 1.165) is 25.0 Å². The number of nitrogens with two attached hydrogens (primary N) is 1. The third-order valence-electron chi connectivity index (χ3n) is 4.57. The summed E-state index contributed by atoms with van der Waals surface area (Å²) in [5, 5.41) is 0. The zero-order chi connectivity index (χ0) is 11.1. The molecule has 2 nitrogen and oxygen atoms in total. The monoisotopic (exact) mass is 210 g/mol. The molecule has 0 aromatic rings.